The van der Waals surface area contributed by atoms with Gasteiger partial charge in [-0.2, -0.15) is 26.3 Å². The molecule has 0 saturated carbocycles. The molecule has 2 N–H and O–H groups in total. The van der Waals surface area contributed by atoms with Crippen LogP contribution in [0.3, 0.4) is 0 Å². The van der Waals surface area contributed by atoms with E-state index in [-0.39, 0.29) is 5.56 Å². The van der Waals surface area contributed by atoms with Crippen molar-refractivity contribution in [2.75, 3.05) is 5.73 Å². The van der Waals surface area contributed by atoms with Crippen LogP contribution in [-0.4, -0.2) is 9.55 Å². The van der Waals surface area contributed by atoms with Gasteiger partial charge in [0.25, 0.3) is 5.56 Å². The first kappa shape index (κ1) is 21.3. The number of hydrogen-bond donors (Lipinski definition) is 1. The summed E-state index contributed by atoms with van der Waals surface area (Å²) in [5.74, 6) is -1.47. The van der Waals surface area contributed by atoms with Crippen molar-refractivity contribution in [1.29, 1.82) is 0 Å². The van der Waals surface area contributed by atoms with Crippen molar-refractivity contribution >= 4 is 5.69 Å². The van der Waals surface area contributed by atoms with E-state index in [2.05, 4.69) is 4.98 Å². The fourth-order valence-corrected chi connectivity index (χ4v) is 2.84. The molecule has 3 aromatic rings. The first-order valence-electron chi connectivity index (χ1n) is 8.28. The third-order valence-electron chi connectivity index (χ3n) is 4.20. The number of aromatic nitrogens is 2. The van der Waals surface area contributed by atoms with Crippen molar-refractivity contribution < 1.29 is 30.7 Å². The molecule has 1 aromatic heterocycles. The van der Waals surface area contributed by atoms with Gasteiger partial charge >= 0.3 is 12.4 Å². The Kier molecular flexibility index (Phi) is 5.31. The van der Waals surface area contributed by atoms with Gasteiger partial charge in [0.2, 0.25) is 0 Å². The van der Waals surface area contributed by atoms with Gasteiger partial charge in [-0.05, 0) is 23.8 Å². The molecule has 0 amide bonds. The van der Waals surface area contributed by atoms with E-state index in [9.17, 15) is 35.5 Å². The number of hydrogen-bond acceptors (Lipinski definition) is 3. The summed E-state index contributed by atoms with van der Waals surface area (Å²) in [6.45, 7) is -0.476. The van der Waals surface area contributed by atoms with Gasteiger partial charge in [-0.25, -0.2) is 9.37 Å². The third-order valence-corrected chi connectivity index (χ3v) is 4.20. The van der Waals surface area contributed by atoms with Crippen LogP contribution in [-0.2, 0) is 18.9 Å². The highest BCUT2D eigenvalue weighted by Crippen LogP contribution is 2.38. The zero-order chi connectivity index (χ0) is 22.3. The minimum absolute atomic E-state index is 0.241. The second-order valence-corrected chi connectivity index (χ2v) is 6.26. The summed E-state index contributed by atoms with van der Waals surface area (Å²) in [5, 5.41) is 0. The Morgan fingerprint density at radius 2 is 1.50 bits per heavy atom. The van der Waals surface area contributed by atoms with Crippen molar-refractivity contribution in [3.63, 3.8) is 0 Å². The highest BCUT2D eigenvalue weighted by Gasteiger charge is 2.39. The number of halogens is 7. The predicted octanol–water partition coefficient (Wildman–Crippen LogP) is 4.72. The molecule has 158 valence electrons. The zero-order valence-electron chi connectivity index (χ0n) is 14.9. The van der Waals surface area contributed by atoms with Crippen molar-refractivity contribution in [2.24, 2.45) is 0 Å². The average Bonchev–Trinajstić information content (AvgIpc) is 2.65. The molecule has 0 atom stereocenters. The highest BCUT2D eigenvalue weighted by atomic mass is 19.4. The Morgan fingerprint density at radius 3 is 2.07 bits per heavy atom. The van der Waals surface area contributed by atoms with Gasteiger partial charge in [-0.15, -0.1) is 0 Å². The maximum absolute atomic E-state index is 13.4. The van der Waals surface area contributed by atoms with Crippen LogP contribution in [0.5, 0.6) is 0 Å². The van der Waals surface area contributed by atoms with E-state index in [1.807, 2.05) is 0 Å². The summed E-state index contributed by atoms with van der Waals surface area (Å²) in [7, 11) is 0. The number of nitrogens with two attached hydrogens (primary N) is 1. The molecule has 0 aliphatic rings. The molecule has 0 fully saturated rings. The molecule has 0 radical (unpaired) electrons. The lowest BCUT2D eigenvalue weighted by molar-refractivity contribution is -0.140. The summed E-state index contributed by atoms with van der Waals surface area (Å²) in [5.41, 5.74) is -0.843. The maximum Gasteiger partial charge on any atom is 0.435 e. The first-order valence-corrected chi connectivity index (χ1v) is 8.28. The number of alkyl halides is 6. The number of nitrogen functional groups attached to an aromatic ring is 1. The molecular formula is C19H12F7N3O. The lowest BCUT2D eigenvalue weighted by Gasteiger charge is -2.19. The van der Waals surface area contributed by atoms with E-state index in [0.29, 0.717) is 10.6 Å². The zero-order valence-corrected chi connectivity index (χ0v) is 14.9. The topological polar surface area (TPSA) is 60.9 Å². The third kappa shape index (κ3) is 4.14. The van der Waals surface area contributed by atoms with Gasteiger partial charge < -0.3 is 5.73 Å². The van der Waals surface area contributed by atoms with E-state index in [1.54, 1.807) is 0 Å². The molecule has 4 nitrogen and oxygen atoms in total. The predicted molar refractivity (Wildman–Crippen MR) is 93.9 cm³/mol. The second-order valence-electron chi connectivity index (χ2n) is 6.26. The van der Waals surface area contributed by atoms with Crippen LogP contribution in [0.15, 0.2) is 53.3 Å². The van der Waals surface area contributed by atoms with Crippen LogP contribution in [0.25, 0.3) is 11.4 Å². The Hall–Kier alpha value is -3.37. The van der Waals surface area contributed by atoms with Gasteiger partial charge in [0, 0.05) is 5.56 Å². The number of anilines is 1. The lowest BCUT2D eigenvalue weighted by Crippen LogP contribution is -2.31. The van der Waals surface area contributed by atoms with Gasteiger partial charge in [0.05, 0.1) is 12.1 Å². The molecule has 1 heterocycles. The maximum atomic E-state index is 13.4. The van der Waals surface area contributed by atoms with E-state index in [0.717, 1.165) is 24.3 Å². The van der Waals surface area contributed by atoms with Crippen LogP contribution in [0.4, 0.5) is 36.4 Å². The number of benzene rings is 2. The van der Waals surface area contributed by atoms with Crippen LogP contribution in [0.1, 0.15) is 16.8 Å². The molecule has 0 aliphatic heterocycles. The fraction of sp³-hybridized carbons (Fsp3) is 0.158. The standard InChI is InChI=1S/C19H12F7N3O/c20-11-7-5-10(6-8-11)9-29-16(12-3-1-2-4-13(12)18(21,22)23)28-15(19(24,25)26)14(27)17(29)30/h1-8H,9,27H2. The summed E-state index contributed by atoms with van der Waals surface area (Å²) < 4.78 is 94.0. The summed E-state index contributed by atoms with van der Waals surface area (Å²) in [4.78, 5) is 15.9. The Labute approximate surface area is 164 Å². The van der Waals surface area contributed by atoms with Crippen LogP contribution in [0.2, 0.25) is 0 Å². The molecule has 0 spiro atoms. The summed E-state index contributed by atoms with van der Waals surface area (Å²) in [6.07, 6.45) is -10.1. The number of rotatable bonds is 3. The average molecular weight is 431 g/mol. The Balaban J connectivity index is 2.34. The largest absolute Gasteiger partial charge is 0.435 e. The molecule has 0 bridgehead atoms. The summed E-state index contributed by atoms with van der Waals surface area (Å²) in [6, 6.07) is 8.31. The minimum atomic E-state index is -5.17. The quantitative estimate of drug-likeness (QED) is 0.611. The summed E-state index contributed by atoms with van der Waals surface area (Å²) >= 11 is 0. The molecule has 0 aliphatic carbocycles. The Bertz CT molecular complexity index is 1130. The van der Waals surface area contributed by atoms with E-state index >= 15 is 0 Å². The molecule has 0 unspecified atom stereocenters. The molecule has 0 saturated heterocycles. The highest BCUT2D eigenvalue weighted by molar-refractivity contribution is 5.63. The number of nitrogens with zero attached hydrogens (tertiary/aromatic N) is 2. The minimum Gasteiger partial charge on any atom is -0.392 e. The normalized spacial score (nSPS) is 12.2. The smallest absolute Gasteiger partial charge is 0.392 e. The monoisotopic (exact) mass is 431 g/mol. The van der Waals surface area contributed by atoms with Crippen LogP contribution >= 0.6 is 0 Å². The SMILES string of the molecule is Nc1c(C(F)(F)F)nc(-c2ccccc2C(F)(F)F)n(Cc2ccc(F)cc2)c1=O. The molecule has 30 heavy (non-hydrogen) atoms. The first-order chi connectivity index (χ1) is 13.9. The van der Waals surface area contributed by atoms with E-state index in [4.69, 9.17) is 5.73 Å². The van der Waals surface area contributed by atoms with Gasteiger partial charge in [-0.1, -0.05) is 30.3 Å². The van der Waals surface area contributed by atoms with E-state index < -0.39 is 58.6 Å². The van der Waals surface area contributed by atoms with Crippen molar-refractivity contribution in [3.05, 3.63) is 81.5 Å². The molecule has 2 aromatic carbocycles. The van der Waals surface area contributed by atoms with Crippen molar-refractivity contribution in [3.8, 4) is 11.4 Å². The molecule has 3 rings (SSSR count). The fourth-order valence-electron chi connectivity index (χ4n) is 2.84. The lowest BCUT2D eigenvalue weighted by atomic mass is 10.1. The van der Waals surface area contributed by atoms with Gasteiger partial charge in [0.15, 0.2) is 5.69 Å². The van der Waals surface area contributed by atoms with Gasteiger partial charge in [0.1, 0.15) is 17.3 Å². The second kappa shape index (κ2) is 7.47. The molecular weight excluding hydrogens is 419 g/mol. The van der Waals surface area contributed by atoms with Crippen molar-refractivity contribution in [2.45, 2.75) is 18.9 Å². The van der Waals surface area contributed by atoms with Gasteiger partial charge in [-0.3, -0.25) is 9.36 Å². The Morgan fingerprint density at radius 1 is 0.900 bits per heavy atom. The van der Waals surface area contributed by atoms with Crippen LogP contribution < -0.4 is 11.3 Å². The van der Waals surface area contributed by atoms with Crippen LogP contribution in [0, 0.1) is 5.82 Å². The molecule has 11 heteroatoms. The van der Waals surface area contributed by atoms with E-state index in [1.165, 1.54) is 18.2 Å². The van der Waals surface area contributed by atoms with Crippen molar-refractivity contribution in [1.82, 2.24) is 9.55 Å².